The molecular weight excluding hydrogens is 341 g/mol. The van der Waals surface area contributed by atoms with Gasteiger partial charge in [0.1, 0.15) is 17.6 Å². The fourth-order valence-corrected chi connectivity index (χ4v) is 3.36. The van der Waals surface area contributed by atoms with Crippen molar-refractivity contribution in [2.75, 3.05) is 13.7 Å². The van der Waals surface area contributed by atoms with Crippen LogP contribution in [0, 0.1) is 5.92 Å². The van der Waals surface area contributed by atoms with E-state index < -0.39 is 46.9 Å². The maximum atomic E-state index is 13.8. The lowest BCUT2D eigenvalue weighted by Crippen LogP contribution is -2.51. The third-order valence-corrected chi connectivity index (χ3v) is 4.41. The first-order chi connectivity index (χ1) is 11.7. The fraction of sp³-hybridized carbons (Fsp3) is 0.647. The zero-order valence-corrected chi connectivity index (χ0v) is 14.3. The first-order valence-corrected chi connectivity index (χ1v) is 8.15. The number of unbranched alkanes of at least 4 members (excludes halogenated alkanes) is 1. The number of fused-ring (bicyclic) bond motifs is 2. The molecule has 0 aromatic heterocycles. The first kappa shape index (κ1) is 19.5. The molecule has 0 aromatic carbocycles. The van der Waals surface area contributed by atoms with Crippen molar-refractivity contribution >= 4 is 11.9 Å². The van der Waals surface area contributed by atoms with E-state index in [0.717, 1.165) is 7.11 Å². The van der Waals surface area contributed by atoms with Gasteiger partial charge >= 0.3 is 18.1 Å². The molecule has 0 radical (unpaired) electrons. The van der Waals surface area contributed by atoms with Crippen molar-refractivity contribution in [3.63, 3.8) is 0 Å². The zero-order chi connectivity index (χ0) is 18.8. The van der Waals surface area contributed by atoms with Crippen molar-refractivity contribution in [1.82, 2.24) is 0 Å². The Bertz CT molecular complexity index is 608. The van der Waals surface area contributed by atoms with Gasteiger partial charge in [-0.15, -0.1) is 0 Å². The van der Waals surface area contributed by atoms with Gasteiger partial charge < -0.3 is 14.2 Å². The van der Waals surface area contributed by atoms with Gasteiger partial charge in [-0.1, -0.05) is 31.9 Å². The highest BCUT2D eigenvalue weighted by Gasteiger charge is 2.61. The van der Waals surface area contributed by atoms with E-state index >= 15 is 0 Å². The number of alkyl halides is 3. The molecule has 0 unspecified atom stereocenters. The monoisotopic (exact) mass is 362 g/mol. The molecule has 0 fully saturated rings. The van der Waals surface area contributed by atoms with Crippen LogP contribution in [0.4, 0.5) is 13.2 Å². The van der Waals surface area contributed by atoms with Crippen molar-refractivity contribution in [2.45, 2.75) is 51.0 Å². The van der Waals surface area contributed by atoms with Crippen LogP contribution in [0.1, 0.15) is 33.1 Å². The fourth-order valence-electron chi connectivity index (χ4n) is 3.36. The summed E-state index contributed by atoms with van der Waals surface area (Å²) in [5.41, 5.74) is -3.37. The van der Waals surface area contributed by atoms with E-state index in [-0.39, 0.29) is 13.0 Å². The van der Waals surface area contributed by atoms with Gasteiger partial charge in [0.05, 0.1) is 24.9 Å². The van der Waals surface area contributed by atoms with Crippen molar-refractivity contribution in [3.05, 3.63) is 23.3 Å². The molecule has 8 heteroatoms. The first-order valence-electron chi connectivity index (χ1n) is 8.15. The van der Waals surface area contributed by atoms with Crippen LogP contribution in [0.15, 0.2) is 23.3 Å². The molecule has 2 aliphatic heterocycles. The van der Waals surface area contributed by atoms with Gasteiger partial charge in [0.15, 0.2) is 0 Å². The average molecular weight is 362 g/mol. The van der Waals surface area contributed by atoms with Crippen LogP contribution < -0.4 is 0 Å². The normalized spacial score (nSPS) is 28.2. The SMILES string of the molecule is CCCC[C@@]12C=C[C@@H](O1)C(C(=O)OCC)=C(C(F)(F)F)[C@H]2C(=O)OC. The molecule has 0 saturated carbocycles. The molecule has 0 aromatic rings. The standard InChI is InChI=1S/C17H21F3O5/c1-4-6-8-16-9-7-10(25-16)11(14(21)24-5-2)12(17(18,19)20)13(16)15(22)23-3/h7,9-10,13H,4-6,8H2,1-3H3/t10-,13+,16+/m1/s1. The number of carbonyl (C=O) groups is 2. The summed E-state index contributed by atoms with van der Waals surface area (Å²) in [5, 5.41) is 0. The van der Waals surface area contributed by atoms with Gasteiger partial charge in [-0.05, 0) is 13.3 Å². The van der Waals surface area contributed by atoms with Crippen LogP contribution in [-0.2, 0) is 23.8 Å². The second-order valence-electron chi connectivity index (χ2n) is 5.96. The minimum Gasteiger partial charge on any atom is -0.468 e. The van der Waals surface area contributed by atoms with Gasteiger partial charge in [0.25, 0.3) is 0 Å². The third-order valence-electron chi connectivity index (χ3n) is 4.41. The van der Waals surface area contributed by atoms with Crippen LogP contribution in [-0.4, -0.2) is 43.5 Å². The Labute approximate surface area is 143 Å². The maximum Gasteiger partial charge on any atom is 0.414 e. The Morgan fingerprint density at radius 1 is 1.32 bits per heavy atom. The molecule has 5 nitrogen and oxygen atoms in total. The number of hydrogen-bond acceptors (Lipinski definition) is 5. The number of methoxy groups -OCH3 is 1. The number of ether oxygens (including phenoxy) is 3. The van der Waals surface area contributed by atoms with Crippen molar-refractivity contribution in [2.24, 2.45) is 5.92 Å². The Kier molecular flexibility index (Phi) is 5.61. The van der Waals surface area contributed by atoms with E-state index in [4.69, 9.17) is 9.47 Å². The average Bonchev–Trinajstić information content (AvgIpc) is 2.90. The molecule has 0 amide bonds. The van der Waals surface area contributed by atoms with Crippen LogP contribution in [0.3, 0.4) is 0 Å². The largest absolute Gasteiger partial charge is 0.468 e. The number of esters is 2. The summed E-state index contributed by atoms with van der Waals surface area (Å²) in [6, 6.07) is 0. The summed E-state index contributed by atoms with van der Waals surface area (Å²) in [7, 11) is 1.01. The minimum atomic E-state index is -4.90. The summed E-state index contributed by atoms with van der Waals surface area (Å²) in [5.74, 6) is -3.99. The summed E-state index contributed by atoms with van der Waals surface area (Å²) in [4.78, 5) is 24.5. The second kappa shape index (κ2) is 7.19. The number of rotatable bonds is 6. The molecule has 0 saturated heterocycles. The topological polar surface area (TPSA) is 61.8 Å². The predicted octanol–water partition coefficient (Wildman–Crippen LogP) is 3.10. The summed E-state index contributed by atoms with van der Waals surface area (Å²) in [6.45, 7) is 3.28. The Balaban J connectivity index is 2.66. The van der Waals surface area contributed by atoms with Gasteiger partial charge in [-0.2, -0.15) is 13.2 Å². The third kappa shape index (κ3) is 3.44. The molecule has 2 aliphatic rings. The smallest absolute Gasteiger partial charge is 0.414 e. The number of hydrogen-bond donors (Lipinski definition) is 0. The lowest BCUT2D eigenvalue weighted by atomic mass is 9.75. The predicted molar refractivity (Wildman–Crippen MR) is 81.5 cm³/mol. The molecule has 0 spiro atoms. The summed E-state index contributed by atoms with van der Waals surface area (Å²) in [6.07, 6.45) is -1.76. The van der Waals surface area contributed by atoms with Crippen molar-refractivity contribution < 1.29 is 37.0 Å². The Morgan fingerprint density at radius 2 is 2.00 bits per heavy atom. The minimum absolute atomic E-state index is 0.0895. The van der Waals surface area contributed by atoms with Crippen molar-refractivity contribution in [3.8, 4) is 0 Å². The molecule has 2 bridgehead atoms. The van der Waals surface area contributed by atoms with Gasteiger partial charge in [-0.3, -0.25) is 4.79 Å². The van der Waals surface area contributed by atoms with E-state index in [2.05, 4.69) is 4.74 Å². The van der Waals surface area contributed by atoms with E-state index in [9.17, 15) is 22.8 Å². The molecular formula is C17H21F3O5. The second-order valence-corrected chi connectivity index (χ2v) is 5.96. The summed E-state index contributed by atoms with van der Waals surface area (Å²) < 4.78 is 56.7. The van der Waals surface area contributed by atoms with E-state index in [1.165, 1.54) is 19.1 Å². The van der Waals surface area contributed by atoms with Crippen LogP contribution >= 0.6 is 0 Å². The van der Waals surface area contributed by atoms with E-state index in [1.54, 1.807) is 0 Å². The highest BCUT2D eigenvalue weighted by Crippen LogP contribution is 2.52. The lowest BCUT2D eigenvalue weighted by Gasteiger charge is -2.41. The van der Waals surface area contributed by atoms with Crippen LogP contribution in [0.2, 0.25) is 0 Å². The molecule has 0 N–H and O–H groups in total. The van der Waals surface area contributed by atoms with Gasteiger partial charge in [0, 0.05) is 0 Å². The lowest BCUT2D eigenvalue weighted by molar-refractivity contribution is -0.171. The highest BCUT2D eigenvalue weighted by atomic mass is 19.4. The van der Waals surface area contributed by atoms with Crippen LogP contribution in [0.5, 0.6) is 0 Å². The van der Waals surface area contributed by atoms with Crippen LogP contribution in [0.25, 0.3) is 0 Å². The number of carbonyl (C=O) groups excluding carboxylic acids is 2. The van der Waals surface area contributed by atoms with E-state index in [0.29, 0.717) is 12.8 Å². The Hall–Kier alpha value is -1.83. The Morgan fingerprint density at radius 3 is 2.52 bits per heavy atom. The molecule has 140 valence electrons. The molecule has 0 aliphatic carbocycles. The van der Waals surface area contributed by atoms with Gasteiger partial charge in [0.2, 0.25) is 0 Å². The van der Waals surface area contributed by atoms with Crippen molar-refractivity contribution in [1.29, 1.82) is 0 Å². The van der Waals surface area contributed by atoms with E-state index in [1.807, 2.05) is 6.92 Å². The molecule has 3 atom stereocenters. The molecule has 2 rings (SSSR count). The quantitative estimate of drug-likeness (QED) is 0.537. The summed E-state index contributed by atoms with van der Waals surface area (Å²) >= 11 is 0. The molecule has 2 heterocycles. The van der Waals surface area contributed by atoms with Gasteiger partial charge in [-0.25, -0.2) is 4.79 Å². The number of halogens is 3. The zero-order valence-electron chi connectivity index (χ0n) is 14.3. The molecule has 25 heavy (non-hydrogen) atoms. The maximum absolute atomic E-state index is 13.8. The highest BCUT2D eigenvalue weighted by molar-refractivity contribution is 5.94.